The molecule has 107 heavy (non-hydrogen) atoms. The van der Waals surface area contributed by atoms with Gasteiger partial charge < -0.3 is 9.80 Å². The predicted octanol–water partition coefficient (Wildman–Crippen LogP) is 26.4. The molecule has 3 heteroatoms. The van der Waals surface area contributed by atoms with E-state index >= 15 is 0 Å². The Kier molecular flexibility index (Phi) is 15.7. The van der Waals surface area contributed by atoms with Crippen molar-refractivity contribution < 1.29 is 0 Å². The molecular formula is C104H69BN2. The van der Waals surface area contributed by atoms with Crippen molar-refractivity contribution in [2.75, 3.05) is 9.80 Å². The van der Waals surface area contributed by atoms with E-state index in [1.807, 2.05) is 0 Å². The Hall–Kier alpha value is -13.9. The number of anilines is 6. The number of rotatable bonds is 13. The van der Waals surface area contributed by atoms with Gasteiger partial charge in [-0.2, -0.15) is 0 Å². The number of nitrogens with zero attached hydrogens (tertiary/aromatic N) is 2. The van der Waals surface area contributed by atoms with Crippen molar-refractivity contribution in [1.82, 2.24) is 0 Å². The summed E-state index contributed by atoms with van der Waals surface area (Å²) in [7, 11) is 0. The van der Waals surface area contributed by atoms with Gasteiger partial charge in [0, 0.05) is 45.0 Å². The average molecular weight is 1360 g/mol. The minimum absolute atomic E-state index is 0.297. The molecule has 20 rings (SSSR count). The van der Waals surface area contributed by atoms with E-state index in [9.17, 15) is 0 Å². The van der Waals surface area contributed by atoms with Crippen LogP contribution >= 0.6 is 0 Å². The fraction of sp³-hybridized carbons (Fsp3) is 0. The maximum absolute atomic E-state index is 2.71. The number of fused-ring (bicyclic) bond motifs is 6. The van der Waals surface area contributed by atoms with Crippen LogP contribution < -0.4 is 26.2 Å². The Morgan fingerprint density at radius 2 is 0.458 bits per heavy atom. The highest BCUT2D eigenvalue weighted by Gasteiger charge is 2.46. The first-order valence-corrected chi connectivity index (χ1v) is 37.1. The first-order valence-electron chi connectivity index (χ1n) is 37.1. The third-order valence-corrected chi connectivity index (χ3v) is 22.0. The Labute approximate surface area is 625 Å². The minimum Gasteiger partial charge on any atom is -0.310 e. The maximum Gasteiger partial charge on any atom is 0.252 e. The Morgan fingerprint density at radius 3 is 0.804 bits per heavy atom. The molecule has 0 atom stereocenters. The van der Waals surface area contributed by atoms with Crippen LogP contribution in [0.25, 0.3) is 144 Å². The van der Waals surface area contributed by atoms with Gasteiger partial charge in [0.1, 0.15) is 0 Å². The second-order valence-electron chi connectivity index (χ2n) is 28.2. The van der Waals surface area contributed by atoms with Crippen LogP contribution in [0.5, 0.6) is 0 Å². The van der Waals surface area contributed by atoms with E-state index in [-0.39, 0.29) is 6.71 Å². The summed E-state index contributed by atoms with van der Waals surface area (Å²) in [5, 5.41) is 4.67. The van der Waals surface area contributed by atoms with Gasteiger partial charge in [0.05, 0.1) is 11.4 Å². The topological polar surface area (TPSA) is 6.48 Å². The molecule has 0 N–H and O–H groups in total. The zero-order chi connectivity index (χ0) is 70.7. The lowest BCUT2D eigenvalue weighted by atomic mass is 9.33. The molecule has 18 aromatic carbocycles. The maximum atomic E-state index is 2.71. The van der Waals surface area contributed by atoms with Crippen molar-refractivity contribution in [3.63, 3.8) is 0 Å². The molecule has 0 aromatic heterocycles. The van der Waals surface area contributed by atoms with Crippen molar-refractivity contribution in [3.05, 3.63) is 419 Å². The van der Waals surface area contributed by atoms with E-state index in [0.717, 1.165) is 145 Å². The summed E-state index contributed by atoms with van der Waals surface area (Å²) in [6.07, 6.45) is 0. The van der Waals surface area contributed by atoms with Gasteiger partial charge in [-0.15, -0.1) is 0 Å². The fourth-order valence-electron chi connectivity index (χ4n) is 17.0. The van der Waals surface area contributed by atoms with Crippen LogP contribution in [0.3, 0.4) is 0 Å². The standard InChI is InChI=1S/C104H69BN2/c1-11-31-70(32-12-1)80-53-56-89-87(59-80)60-84-52-51-81(71-33-13-2-14-34-71)61-90(84)101(89)88-68-99-102-100(69-88)107(104-93(78-47-27-9-28-48-78)64-86(75-41-21-6-22-42-75)65-94(104)79-49-29-10-30-50-79)98-58-55-83(73-37-17-4-18-38-73)67-96(98)105(102)95-66-82(72-35-15-3-16-36-72)54-57-97(95)106(99)103-91(76-43-23-7-24-44-76)62-85(74-39-19-5-20-40-74)63-92(103)77-45-25-8-26-46-77/h1-69H. The summed E-state index contributed by atoms with van der Waals surface area (Å²) in [4.78, 5) is 5.41. The smallest absolute Gasteiger partial charge is 0.252 e. The largest absolute Gasteiger partial charge is 0.310 e. The van der Waals surface area contributed by atoms with Gasteiger partial charge in [-0.1, -0.05) is 352 Å². The third-order valence-electron chi connectivity index (χ3n) is 22.0. The highest BCUT2D eigenvalue weighted by Crippen LogP contribution is 2.56. The lowest BCUT2D eigenvalue weighted by Crippen LogP contribution is -2.61. The van der Waals surface area contributed by atoms with E-state index in [1.54, 1.807) is 0 Å². The molecule has 0 spiro atoms. The molecule has 0 amide bonds. The molecule has 2 aliphatic heterocycles. The molecular weight excluding hydrogens is 1290 g/mol. The van der Waals surface area contributed by atoms with Gasteiger partial charge in [-0.3, -0.25) is 0 Å². The van der Waals surface area contributed by atoms with E-state index in [2.05, 4.69) is 428 Å². The Bertz CT molecular complexity index is 5970. The highest BCUT2D eigenvalue weighted by atomic mass is 15.2. The van der Waals surface area contributed by atoms with E-state index in [1.165, 1.54) is 49.2 Å². The molecule has 0 saturated heterocycles. The van der Waals surface area contributed by atoms with Crippen LogP contribution in [0.15, 0.2) is 419 Å². The molecule has 2 nitrogen and oxygen atoms in total. The summed E-state index contributed by atoms with van der Waals surface area (Å²) in [6, 6.07) is 157. The van der Waals surface area contributed by atoms with E-state index < -0.39 is 0 Å². The van der Waals surface area contributed by atoms with Gasteiger partial charge in [-0.25, -0.2) is 0 Å². The minimum atomic E-state index is -0.297. The van der Waals surface area contributed by atoms with Crippen LogP contribution in [0.2, 0.25) is 0 Å². The third kappa shape index (κ3) is 11.2. The first-order chi connectivity index (χ1) is 53.1. The zero-order valence-corrected chi connectivity index (χ0v) is 58.8. The Balaban J connectivity index is 1.00. The fourth-order valence-corrected chi connectivity index (χ4v) is 17.0. The molecule has 498 valence electrons. The lowest BCUT2D eigenvalue weighted by molar-refractivity contribution is 1.25. The lowest BCUT2D eigenvalue weighted by Gasteiger charge is -2.46. The molecule has 0 unspecified atom stereocenters. The molecule has 2 heterocycles. The monoisotopic (exact) mass is 1360 g/mol. The van der Waals surface area contributed by atoms with Gasteiger partial charge >= 0.3 is 0 Å². The van der Waals surface area contributed by atoms with Crippen molar-refractivity contribution >= 4 is 78.8 Å². The summed E-state index contributed by atoms with van der Waals surface area (Å²) in [6.45, 7) is -0.297. The van der Waals surface area contributed by atoms with Crippen molar-refractivity contribution in [2.45, 2.75) is 0 Å². The van der Waals surface area contributed by atoms with Crippen LogP contribution in [0.4, 0.5) is 34.1 Å². The van der Waals surface area contributed by atoms with Crippen molar-refractivity contribution in [2.24, 2.45) is 0 Å². The van der Waals surface area contributed by atoms with Crippen LogP contribution in [-0.2, 0) is 0 Å². The molecule has 0 saturated carbocycles. The zero-order valence-electron chi connectivity index (χ0n) is 58.8. The van der Waals surface area contributed by atoms with Gasteiger partial charge in [0.15, 0.2) is 0 Å². The van der Waals surface area contributed by atoms with Crippen LogP contribution in [0, 0.1) is 0 Å². The predicted molar refractivity (Wildman–Crippen MR) is 455 cm³/mol. The summed E-state index contributed by atoms with van der Waals surface area (Å²) in [5.41, 5.74) is 35.3. The number of benzene rings is 18. The van der Waals surface area contributed by atoms with Gasteiger partial charge in [0.25, 0.3) is 6.71 Å². The molecule has 2 aliphatic rings. The first kappa shape index (κ1) is 62.9. The van der Waals surface area contributed by atoms with Crippen molar-refractivity contribution in [3.8, 4) is 122 Å². The molecule has 18 aromatic rings. The quantitative estimate of drug-likeness (QED) is 0.0838. The molecule has 0 aliphatic carbocycles. The second-order valence-corrected chi connectivity index (χ2v) is 28.2. The van der Waals surface area contributed by atoms with Crippen LogP contribution in [0.1, 0.15) is 0 Å². The number of hydrogen-bond donors (Lipinski definition) is 0. The highest BCUT2D eigenvalue weighted by molar-refractivity contribution is 7.00. The van der Waals surface area contributed by atoms with Crippen LogP contribution in [-0.4, -0.2) is 6.71 Å². The molecule has 0 bridgehead atoms. The second kappa shape index (κ2) is 26.8. The average Bonchev–Trinajstić information content (AvgIpc) is 0.685. The van der Waals surface area contributed by atoms with Crippen molar-refractivity contribution in [1.29, 1.82) is 0 Å². The molecule has 0 radical (unpaired) electrons. The van der Waals surface area contributed by atoms with E-state index in [0.29, 0.717) is 0 Å². The molecule has 0 fully saturated rings. The normalized spacial score (nSPS) is 12.1. The number of hydrogen-bond acceptors (Lipinski definition) is 2. The van der Waals surface area contributed by atoms with E-state index in [4.69, 9.17) is 0 Å². The summed E-state index contributed by atoms with van der Waals surface area (Å²) >= 11 is 0. The van der Waals surface area contributed by atoms with Gasteiger partial charge in [0.2, 0.25) is 0 Å². The summed E-state index contributed by atoms with van der Waals surface area (Å²) in [5.74, 6) is 0. The summed E-state index contributed by atoms with van der Waals surface area (Å²) < 4.78 is 0. The SMILES string of the molecule is c1ccc(-c2ccc3c(c2)B2c4cc(-c5ccccc5)ccc4N(c4c(-c5ccccc5)cc(-c5ccccc5)cc4-c4ccccc4)c4cc(-c5c6ccc(-c7ccccc7)cc6cc6ccc(-c7ccccc7)cc56)cc(c42)N3c2c(-c3ccccc3)cc(-c3ccccc3)cc2-c2ccccc2)cc1. The van der Waals surface area contributed by atoms with Gasteiger partial charge in [-0.05, 0) is 205 Å². The Morgan fingerprint density at radius 1 is 0.168 bits per heavy atom.